The number of hydrogen-bond donors (Lipinski definition) is 1. The van der Waals surface area contributed by atoms with Crippen LogP contribution in [0.25, 0.3) is 11.4 Å². The average Bonchev–Trinajstić information content (AvgIpc) is 2.95. The minimum absolute atomic E-state index is 0.177. The summed E-state index contributed by atoms with van der Waals surface area (Å²) < 4.78 is 16.0. The molecule has 132 valence electrons. The van der Waals surface area contributed by atoms with Crippen molar-refractivity contribution in [1.29, 1.82) is 0 Å². The summed E-state index contributed by atoms with van der Waals surface area (Å²) >= 11 is 0. The van der Waals surface area contributed by atoms with Crippen molar-refractivity contribution < 1.29 is 9.18 Å². The predicted molar refractivity (Wildman–Crippen MR) is 92.6 cm³/mol. The van der Waals surface area contributed by atoms with Crippen LogP contribution in [0.15, 0.2) is 18.5 Å². The van der Waals surface area contributed by atoms with Gasteiger partial charge in [0.2, 0.25) is 0 Å². The van der Waals surface area contributed by atoms with Crippen molar-refractivity contribution in [2.75, 3.05) is 5.32 Å². The molecule has 7 heteroatoms. The Morgan fingerprint density at radius 3 is 2.64 bits per heavy atom. The summed E-state index contributed by atoms with van der Waals surface area (Å²) in [5.74, 6) is 0.737. The monoisotopic (exact) mass is 343 g/mol. The largest absolute Gasteiger partial charge is 0.322 e. The first-order chi connectivity index (χ1) is 11.9. The molecule has 2 fully saturated rings. The van der Waals surface area contributed by atoms with Crippen LogP contribution in [0.1, 0.15) is 31.7 Å². The molecule has 2 saturated heterocycles. The van der Waals surface area contributed by atoms with E-state index in [2.05, 4.69) is 22.3 Å². The van der Waals surface area contributed by atoms with Gasteiger partial charge in [-0.05, 0) is 49.8 Å². The lowest BCUT2D eigenvalue weighted by molar-refractivity contribution is -0.00603. The number of nitrogens with zero attached hydrogens (tertiary/aromatic N) is 4. The molecular weight excluding hydrogens is 321 g/mol. The topological polar surface area (TPSA) is 63.1 Å². The number of fused-ring (bicyclic) bond motifs is 2. The van der Waals surface area contributed by atoms with E-state index in [1.807, 2.05) is 11.8 Å². The van der Waals surface area contributed by atoms with Gasteiger partial charge in [-0.3, -0.25) is 4.68 Å². The molecule has 0 spiro atoms. The van der Waals surface area contributed by atoms with E-state index in [9.17, 15) is 9.18 Å². The van der Waals surface area contributed by atoms with Crippen molar-refractivity contribution >= 4 is 11.7 Å². The number of benzene rings is 1. The van der Waals surface area contributed by atoms with E-state index in [1.54, 1.807) is 24.1 Å². The number of amides is 2. The van der Waals surface area contributed by atoms with Gasteiger partial charge in [0.15, 0.2) is 5.82 Å². The second kappa shape index (κ2) is 5.82. The van der Waals surface area contributed by atoms with Crippen molar-refractivity contribution in [3.8, 4) is 11.4 Å². The molecule has 0 saturated carbocycles. The number of hydrogen-bond acceptors (Lipinski definition) is 3. The van der Waals surface area contributed by atoms with Crippen LogP contribution in [0.3, 0.4) is 0 Å². The molecule has 2 unspecified atom stereocenters. The van der Waals surface area contributed by atoms with Gasteiger partial charge < -0.3 is 10.2 Å². The van der Waals surface area contributed by atoms with Crippen LogP contribution >= 0.6 is 0 Å². The number of urea groups is 1. The molecule has 1 aromatic carbocycles. The summed E-state index contributed by atoms with van der Waals surface area (Å²) in [5.41, 5.74) is 1.63. The second-order valence-corrected chi connectivity index (χ2v) is 7.35. The van der Waals surface area contributed by atoms with Crippen LogP contribution in [-0.2, 0) is 7.05 Å². The number of carbonyl (C=O) groups excluding carboxylic acids is 1. The normalized spacial score (nSPS) is 24.8. The van der Waals surface area contributed by atoms with Gasteiger partial charge in [-0.25, -0.2) is 14.2 Å². The molecule has 2 atom stereocenters. The number of rotatable bonds is 2. The fourth-order valence-corrected chi connectivity index (χ4v) is 4.13. The highest BCUT2D eigenvalue weighted by Crippen LogP contribution is 2.41. The van der Waals surface area contributed by atoms with Crippen molar-refractivity contribution in [2.45, 2.75) is 45.2 Å². The number of halogens is 1. The first-order valence-corrected chi connectivity index (χ1v) is 8.68. The lowest BCUT2D eigenvalue weighted by Gasteiger charge is -2.54. The molecule has 0 radical (unpaired) electrons. The first-order valence-electron chi connectivity index (χ1n) is 8.68. The molecular formula is C18H22FN5O. The minimum Gasteiger partial charge on any atom is -0.318 e. The van der Waals surface area contributed by atoms with Crippen LogP contribution in [0.5, 0.6) is 0 Å². The van der Waals surface area contributed by atoms with Crippen LogP contribution in [0.2, 0.25) is 0 Å². The second-order valence-electron chi connectivity index (χ2n) is 7.35. The third kappa shape index (κ3) is 2.77. The van der Waals surface area contributed by atoms with Crippen molar-refractivity contribution in [3.05, 3.63) is 29.8 Å². The lowest BCUT2D eigenvalue weighted by Crippen LogP contribution is -2.63. The van der Waals surface area contributed by atoms with E-state index in [0.29, 0.717) is 23.8 Å². The van der Waals surface area contributed by atoms with Gasteiger partial charge in [-0.15, -0.1) is 0 Å². The van der Waals surface area contributed by atoms with Crippen LogP contribution in [-0.4, -0.2) is 37.8 Å². The number of nitrogens with one attached hydrogen (secondary N) is 1. The Bertz CT molecular complexity index is 821. The number of aromatic nitrogens is 3. The van der Waals surface area contributed by atoms with E-state index in [-0.39, 0.29) is 11.7 Å². The van der Waals surface area contributed by atoms with Gasteiger partial charge in [-0.2, -0.15) is 5.10 Å². The first kappa shape index (κ1) is 16.1. The smallest absolute Gasteiger partial charge is 0.318 e. The maximum Gasteiger partial charge on any atom is 0.322 e. The molecule has 3 heterocycles. The third-order valence-corrected chi connectivity index (χ3v) is 5.31. The third-order valence-electron chi connectivity index (χ3n) is 5.31. The molecule has 2 bridgehead atoms. The zero-order chi connectivity index (χ0) is 17.7. The highest BCUT2D eigenvalue weighted by atomic mass is 19.1. The predicted octanol–water partition coefficient (Wildman–Crippen LogP) is 3.33. The lowest BCUT2D eigenvalue weighted by atomic mass is 9.74. The zero-order valence-electron chi connectivity index (χ0n) is 14.7. The van der Waals surface area contributed by atoms with Crippen LogP contribution in [0.4, 0.5) is 14.9 Å². The van der Waals surface area contributed by atoms with Crippen molar-refractivity contribution in [3.63, 3.8) is 0 Å². The van der Waals surface area contributed by atoms with Crippen LogP contribution in [0, 0.1) is 18.7 Å². The Hall–Kier alpha value is -2.44. The number of piperidine rings is 1. The van der Waals surface area contributed by atoms with Gasteiger partial charge in [0.1, 0.15) is 12.1 Å². The summed E-state index contributed by atoms with van der Waals surface area (Å²) in [6.45, 7) is 4.03. The Labute approximate surface area is 146 Å². The molecule has 4 rings (SSSR count). The Balaban J connectivity index is 1.57. The number of anilines is 1. The molecule has 0 aliphatic carbocycles. The van der Waals surface area contributed by atoms with E-state index in [4.69, 9.17) is 0 Å². The Morgan fingerprint density at radius 2 is 2.00 bits per heavy atom. The minimum atomic E-state index is -0.440. The quantitative estimate of drug-likeness (QED) is 0.910. The molecule has 2 aliphatic rings. The van der Waals surface area contributed by atoms with Gasteiger partial charge >= 0.3 is 6.03 Å². The molecule has 1 N–H and O–H groups in total. The van der Waals surface area contributed by atoms with E-state index in [1.165, 1.54) is 6.07 Å². The van der Waals surface area contributed by atoms with Gasteiger partial charge in [0.25, 0.3) is 0 Å². The molecule has 2 amide bonds. The van der Waals surface area contributed by atoms with E-state index in [0.717, 1.165) is 30.4 Å². The van der Waals surface area contributed by atoms with E-state index < -0.39 is 5.82 Å². The molecule has 2 aromatic rings. The number of carbonyl (C=O) groups is 1. The molecule has 6 nitrogen and oxygen atoms in total. The SMILES string of the molecule is Cc1cc(F)c(NC(=O)N2C3CC(C)CC2C3)cc1-c1ncn(C)n1. The zero-order valence-corrected chi connectivity index (χ0v) is 14.7. The molecule has 25 heavy (non-hydrogen) atoms. The molecule has 2 aliphatic heterocycles. The van der Waals surface area contributed by atoms with Crippen molar-refractivity contribution in [2.24, 2.45) is 13.0 Å². The van der Waals surface area contributed by atoms with Crippen molar-refractivity contribution in [1.82, 2.24) is 19.7 Å². The fraction of sp³-hybridized carbons (Fsp3) is 0.500. The van der Waals surface area contributed by atoms with Gasteiger partial charge in [-0.1, -0.05) is 6.92 Å². The Kier molecular flexibility index (Phi) is 3.74. The number of aryl methyl sites for hydroxylation is 2. The fourth-order valence-electron chi connectivity index (χ4n) is 4.13. The highest BCUT2D eigenvalue weighted by Gasteiger charge is 2.46. The van der Waals surface area contributed by atoms with E-state index >= 15 is 0 Å². The Morgan fingerprint density at radius 1 is 1.28 bits per heavy atom. The van der Waals surface area contributed by atoms with Gasteiger partial charge in [0.05, 0.1) is 5.69 Å². The molecule has 1 aromatic heterocycles. The maximum absolute atomic E-state index is 14.4. The summed E-state index contributed by atoms with van der Waals surface area (Å²) in [6, 6.07) is 3.41. The standard InChI is InChI=1S/C18H22FN5O/c1-10-4-12-7-13(5-10)24(12)18(25)21-16-8-14(11(2)6-15(16)19)17-20-9-23(3)22-17/h6,8-10,12-13H,4-5,7H2,1-3H3,(H,21,25). The summed E-state index contributed by atoms with van der Waals surface area (Å²) in [6.07, 6.45) is 4.73. The highest BCUT2D eigenvalue weighted by molar-refractivity contribution is 5.91. The maximum atomic E-state index is 14.4. The summed E-state index contributed by atoms with van der Waals surface area (Å²) in [4.78, 5) is 18.7. The summed E-state index contributed by atoms with van der Waals surface area (Å²) in [5, 5.41) is 7.02. The van der Waals surface area contributed by atoms with Crippen LogP contribution < -0.4 is 5.32 Å². The average molecular weight is 343 g/mol. The summed E-state index contributed by atoms with van der Waals surface area (Å²) in [7, 11) is 1.78. The van der Waals surface area contributed by atoms with Gasteiger partial charge in [0, 0.05) is 24.7 Å².